The monoisotopic (exact) mass is 255 g/mol. The molecule has 0 aromatic carbocycles. The summed E-state index contributed by atoms with van der Waals surface area (Å²) in [6, 6.07) is 2.61. The lowest BCUT2D eigenvalue weighted by atomic mass is 9.96. The maximum Gasteiger partial charge on any atom is 0.0415 e. The molecule has 16 heavy (non-hydrogen) atoms. The summed E-state index contributed by atoms with van der Waals surface area (Å²) in [6.45, 7) is 4.51. The van der Waals surface area contributed by atoms with E-state index in [1.807, 2.05) is 23.1 Å². The molecule has 2 atom stereocenters. The molecule has 2 unspecified atom stereocenters. The quantitative estimate of drug-likeness (QED) is 0.881. The number of thioether (sulfide) groups is 1. The van der Waals surface area contributed by atoms with Crippen LogP contribution in [0.2, 0.25) is 0 Å². The first-order valence-corrected chi connectivity index (χ1v) is 8.14. The highest BCUT2D eigenvalue weighted by atomic mass is 32.2. The molecule has 0 fully saturated rings. The first-order valence-electron chi connectivity index (χ1n) is 6.17. The molecule has 0 radical (unpaired) electrons. The predicted octanol–water partition coefficient (Wildman–Crippen LogP) is 3.97. The number of rotatable bonds is 4. The van der Waals surface area contributed by atoms with Gasteiger partial charge in [-0.05, 0) is 36.1 Å². The molecular weight excluding hydrogens is 234 g/mol. The number of thiophene rings is 1. The van der Waals surface area contributed by atoms with Gasteiger partial charge in [0.15, 0.2) is 0 Å². The Bertz CT molecular complexity index is 322. The minimum Gasteiger partial charge on any atom is -0.323 e. The van der Waals surface area contributed by atoms with Crippen LogP contribution in [0.3, 0.4) is 0 Å². The molecule has 0 saturated heterocycles. The zero-order valence-corrected chi connectivity index (χ0v) is 11.8. The number of aryl methyl sites for hydroxylation is 1. The fourth-order valence-electron chi connectivity index (χ4n) is 2.25. The predicted molar refractivity (Wildman–Crippen MR) is 75.2 cm³/mol. The van der Waals surface area contributed by atoms with E-state index < -0.39 is 0 Å². The van der Waals surface area contributed by atoms with Crippen molar-refractivity contribution in [2.75, 3.05) is 5.75 Å². The lowest BCUT2D eigenvalue weighted by Gasteiger charge is -2.17. The van der Waals surface area contributed by atoms with Gasteiger partial charge in [0.1, 0.15) is 0 Å². The normalized spacial score (nSPS) is 19.2. The standard InChI is InChI=1S/C13H21NS2/c1-3-4-9(2)13(14)12-7-10-8-15-6-5-11(10)16-12/h7,9,13H,3-6,8,14H2,1-2H3. The van der Waals surface area contributed by atoms with Gasteiger partial charge in [-0.25, -0.2) is 0 Å². The van der Waals surface area contributed by atoms with Crippen molar-refractivity contribution >= 4 is 23.1 Å². The molecule has 2 N–H and O–H groups in total. The van der Waals surface area contributed by atoms with Gasteiger partial charge in [-0.1, -0.05) is 20.3 Å². The molecule has 3 heteroatoms. The van der Waals surface area contributed by atoms with Gasteiger partial charge in [0, 0.05) is 21.5 Å². The fraction of sp³-hybridized carbons (Fsp3) is 0.692. The third-order valence-electron chi connectivity index (χ3n) is 3.33. The first-order chi connectivity index (χ1) is 7.72. The highest BCUT2D eigenvalue weighted by molar-refractivity contribution is 7.98. The lowest BCUT2D eigenvalue weighted by molar-refractivity contribution is 0.438. The first kappa shape index (κ1) is 12.5. The molecule has 1 aliphatic rings. The smallest absolute Gasteiger partial charge is 0.0415 e. The molecule has 0 aliphatic carbocycles. The zero-order chi connectivity index (χ0) is 11.5. The third-order valence-corrected chi connectivity index (χ3v) is 5.68. The maximum absolute atomic E-state index is 6.34. The zero-order valence-electron chi connectivity index (χ0n) is 10.2. The molecule has 1 aromatic rings. The summed E-state index contributed by atoms with van der Waals surface area (Å²) in [5.41, 5.74) is 7.89. The molecule has 0 spiro atoms. The van der Waals surface area contributed by atoms with Crippen molar-refractivity contribution in [2.45, 2.75) is 44.9 Å². The Hall–Kier alpha value is 0.01000. The molecule has 2 heterocycles. The van der Waals surface area contributed by atoms with Crippen molar-refractivity contribution in [1.29, 1.82) is 0 Å². The molecule has 0 saturated carbocycles. The molecule has 1 nitrogen and oxygen atoms in total. The highest BCUT2D eigenvalue weighted by Crippen LogP contribution is 2.36. The van der Waals surface area contributed by atoms with Crippen LogP contribution >= 0.6 is 23.1 Å². The van der Waals surface area contributed by atoms with E-state index in [2.05, 4.69) is 19.9 Å². The van der Waals surface area contributed by atoms with E-state index in [-0.39, 0.29) is 6.04 Å². The third kappa shape index (κ3) is 2.63. The number of hydrogen-bond acceptors (Lipinski definition) is 3. The van der Waals surface area contributed by atoms with Crippen LogP contribution in [0.25, 0.3) is 0 Å². The van der Waals surface area contributed by atoms with Gasteiger partial charge in [-0.3, -0.25) is 0 Å². The molecule has 0 bridgehead atoms. The Morgan fingerprint density at radius 2 is 2.31 bits per heavy atom. The summed E-state index contributed by atoms with van der Waals surface area (Å²) in [6.07, 6.45) is 3.72. The SMILES string of the molecule is CCCC(C)C(N)c1cc2c(s1)CCSC2. The van der Waals surface area contributed by atoms with E-state index in [0.717, 1.165) is 0 Å². The van der Waals surface area contributed by atoms with E-state index >= 15 is 0 Å². The average molecular weight is 255 g/mol. The summed E-state index contributed by atoms with van der Waals surface area (Å²) in [5.74, 6) is 3.09. The van der Waals surface area contributed by atoms with Gasteiger partial charge in [0.2, 0.25) is 0 Å². The van der Waals surface area contributed by atoms with E-state index in [4.69, 9.17) is 5.73 Å². The Kier molecular flexibility index (Phi) is 4.34. The topological polar surface area (TPSA) is 26.0 Å². The van der Waals surface area contributed by atoms with Gasteiger partial charge in [-0.15, -0.1) is 11.3 Å². The summed E-state index contributed by atoms with van der Waals surface area (Å²) in [4.78, 5) is 3.00. The maximum atomic E-state index is 6.34. The van der Waals surface area contributed by atoms with Crippen LogP contribution in [0.15, 0.2) is 6.07 Å². The van der Waals surface area contributed by atoms with Crippen molar-refractivity contribution < 1.29 is 0 Å². The molecule has 1 aliphatic heterocycles. The van der Waals surface area contributed by atoms with Crippen LogP contribution in [0, 0.1) is 5.92 Å². The second-order valence-corrected chi connectivity index (χ2v) is 6.97. The summed E-state index contributed by atoms with van der Waals surface area (Å²) in [5, 5.41) is 0. The highest BCUT2D eigenvalue weighted by Gasteiger charge is 2.20. The van der Waals surface area contributed by atoms with Gasteiger partial charge in [0.05, 0.1) is 0 Å². The van der Waals surface area contributed by atoms with Gasteiger partial charge in [0.25, 0.3) is 0 Å². The van der Waals surface area contributed by atoms with E-state index in [1.54, 1.807) is 10.4 Å². The number of nitrogens with two attached hydrogens (primary N) is 1. The van der Waals surface area contributed by atoms with Crippen molar-refractivity contribution in [1.82, 2.24) is 0 Å². The minimum atomic E-state index is 0.251. The molecule has 0 amide bonds. The Morgan fingerprint density at radius 1 is 1.50 bits per heavy atom. The van der Waals surface area contributed by atoms with Crippen LogP contribution in [0.1, 0.15) is 48.0 Å². The van der Waals surface area contributed by atoms with Crippen LogP contribution in [0.5, 0.6) is 0 Å². The molecular formula is C13H21NS2. The van der Waals surface area contributed by atoms with Crippen molar-refractivity contribution in [2.24, 2.45) is 11.7 Å². The van der Waals surface area contributed by atoms with Crippen LogP contribution in [0.4, 0.5) is 0 Å². The van der Waals surface area contributed by atoms with Gasteiger partial charge < -0.3 is 5.73 Å². The van der Waals surface area contributed by atoms with E-state index in [9.17, 15) is 0 Å². The lowest BCUT2D eigenvalue weighted by Crippen LogP contribution is -2.17. The van der Waals surface area contributed by atoms with Crippen molar-refractivity contribution in [3.8, 4) is 0 Å². The van der Waals surface area contributed by atoms with Crippen molar-refractivity contribution in [3.63, 3.8) is 0 Å². The Morgan fingerprint density at radius 3 is 3.00 bits per heavy atom. The fourth-order valence-corrected chi connectivity index (χ4v) is 4.76. The molecule has 1 aromatic heterocycles. The summed E-state index contributed by atoms with van der Waals surface area (Å²) < 4.78 is 0. The van der Waals surface area contributed by atoms with Crippen LogP contribution in [-0.4, -0.2) is 5.75 Å². The van der Waals surface area contributed by atoms with Crippen LogP contribution < -0.4 is 5.73 Å². The van der Waals surface area contributed by atoms with Gasteiger partial charge >= 0.3 is 0 Å². The van der Waals surface area contributed by atoms with Gasteiger partial charge in [-0.2, -0.15) is 11.8 Å². The number of fused-ring (bicyclic) bond motifs is 1. The largest absolute Gasteiger partial charge is 0.323 e. The molecule has 2 rings (SSSR count). The summed E-state index contributed by atoms with van der Waals surface area (Å²) >= 11 is 4.01. The van der Waals surface area contributed by atoms with E-state index in [0.29, 0.717) is 5.92 Å². The Labute approximate surface area is 107 Å². The summed E-state index contributed by atoms with van der Waals surface area (Å²) in [7, 11) is 0. The number of hydrogen-bond donors (Lipinski definition) is 1. The molecule has 90 valence electrons. The van der Waals surface area contributed by atoms with E-state index in [1.165, 1.54) is 35.6 Å². The average Bonchev–Trinajstić information content (AvgIpc) is 2.71. The Balaban J connectivity index is 2.11. The van der Waals surface area contributed by atoms with Crippen molar-refractivity contribution in [3.05, 3.63) is 21.4 Å². The second kappa shape index (κ2) is 5.56. The second-order valence-electron chi connectivity index (χ2n) is 4.69. The minimum absolute atomic E-state index is 0.251. The van der Waals surface area contributed by atoms with Crippen LogP contribution in [-0.2, 0) is 12.2 Å².